The molecule has 0 aliphatic carbocycles. The topological polar surface area (TPSA) is 137 Å². The van der Waals surface area contributed by atoms with Crippen LogP contribution in [0.2, 0.25) is 0 Å². The van der Waals surface area contributed by atoms with Crippen molar-refractivity contribution < 1.29 is 39.8 Å². The Morgan fingerprint density at radius 3 is 1.26 bits per heavy atom. The predicted octanol–water partition coefficient (Wildman–Crippen LogP) is 4.70. The molecule has 8 heteroatoms. The average molecular weight is 549 g/mol. The Hall–Kier alpha value is -2.65. The van der Waals surface area contributed by atoms with Crippen LogP contribution < -0.4 is 0 Å². The smallest absolute Gasteiger partial charge is 0.318 e. The lowest BCUT2D eigenvalue weighted by Gasteiger charge is -2.32. The number of hydrogen-bond donors (Lipinski definition) is 5. The highest BCUT2D eigenvalue weighted by Gasteiger charge is 2.40. The summed E-state index contributed by atoms with van der Waals surface area (Å²) in [5.74, 6) is -0.579. The number of aryl methyl sites for hydroxylation is 2. The van der Waals surface area contributed by atoms with Crippen LogP contribution in [-0.4, -0.2) is 71.1 Å². The van der Waals surface area contributed by atoms with Crippen LogP contribution in [0.3, 0.4) is 0 Å². The molecule has 0 bridgehead atoms. The number of phenols is 2. The summed E-state index contributed by atoms with van der Waals surface area (Å²) in [5, 5.41) is 48.0. The number of phenolic OH excluding ortho intramolecular Hbond substituents is 2. The van der Waals surface area contributed by atoms with Crippen LogP contribution in [0.25, 0.3) is 0 Å². The lowest BCUT2D eigenvalue weighted by Crippen LogP contribution is -2.35. The van der Waals surface area contributed by atoms with E-state index in [2.05, 4.69) is 0 Å². The van der Waals surface area contributed by atoms with Crippen molar-refractivity contribution in [2.45, 2.75) is 78.6 Å². The van der Waals surface area contributed by atoms with Crippen molar-refractivity contribution in [3.63, 3.8) is 0 Å². The lowest BCUT2D eigenvalue weighted by molar-refractivity contribution is -0.141. The molecule has 2 aromatic carbocycles. The van der Waals surface area contributed by atoms with Gasteiger partial charge in [-0.25, -0.2) is 0 Å². The molecule has 0 aliphatic heterocycles. The van der Waals surface area contributed by atoms with Crippen molar-refractivity contribution in [1.82, 2.24) is 0 Å². The van der Waals surface area contributed by atoms with Gasteiger partial charge in [-0.15, -0.1) is 0 Å². The fourth-order valence-corrected chi connectivity index (χ4v) is 4.14. The maximum absolute atomic E-state index is 12.6. The van der Waals surface area contributed by atoms with Crippen LogP contribution in [0, 0.1) is 13.8 Å². The van der Waals surface area contributed by atoms with E-state index in [9.17, 15) is 20.1 Å². The monoisotopic (exact) mass is 548 g/mol. The van der Waals surface area contributed by atoms with Gasteiger partial charge in [-0.1, -0.05) is 65.8 Å². The molecule has 0 aromatic heterocycles. The average Bonchev–Trinajstić information content (AvgIpc) is 2.82. The van der Waals surface area contributed by atoms with Crippen molar-refractivity contribution in [3.05, 3.63) is 57.6 Å². The Kier molecular flexibility index (Phi) is 12.4. The predicted molar refractivity (Wildman–Crippen MR) is 153 cm³/mol. The van der Waals surface area contributed by atoms with Crippen LogP contribution >= 0.6 is 0 Å². The summed E-state index contributed by atoms with van der Waals surface area (Å²) in [4.78, 5) is 12.6. The molecule has 2 rings (SSSR count). The van der Waals surface area contributed by atoms with Gasteiger partial charge in [0.1, 0.15) is 16.9 Å². The normalized spacial score (nSPS) is 12.2. The number of carboxylic acids is 1. The van der Waals surface area contributed by atoms with Crippen molar-refractivity contribution >= 4 is 5.97 Å². The Balaban J connectivity index is 0.000000646. The summed E-state index contributed by atoms with van der Waals surface area (Å²) in [6.45, 7) is 18.9. The van der Waals surface area contributed by atoms with Crippen LogP contribution in [0.15, 0.2) is 24.3 Å². The maximum Gasteiger partial charge on any atom is 0.318 e. The van der Waals surface area contributed by atoms with Crippen LogP contribution in [0.4, 0.5) is 0 Å². The maximum atomic E-state index is 12.6. The third kappa shape index (κ3) is 8.93. The van der Waals surface area contributed by atoms with Crippen LogP contribution in [0.5, 0.6) is 11.5 Å². The number of carboxylic acid groups (broad SMARTS) is 1. The zero-order valence-corrected chi connectivity index (χ0v) is 25.0. The van der Waals surface area contributed by atoms with Gasteiger partial charge in [0.2, 0.25) is 0 Å². The van der Waals surface area contributed by atoms with E-state index in [4.69, 9.17) is 19.7 Å². The molecule has 39 heavy (non-hydrogen) atoms. The first-order chi connectivity index (χ1) is 17.9. The molecule has 2 aromatic rings. The number of hydrogen-bond acceptors (Lipinski definition) is 7. The van der Waals surface area contributed by atoms with Gasteiger partial charge in [-0.05, 0) is 65.0 Å². The van der Waals surface area contributed by atoms with E-state index in [-0.39, 0.29) is 35.5 Å². The zero-order chi connectivity index (χ0) is 30.2. The van der Waals surface area contributed by atoms with Gasteiger partial charge in [-0.3, -0.25) is 4.79 Å². The Morgan fingerprint density at radius 1 is 0.667 bits per heavy atom. The third-order valence-corrected chi connectivity index (χ3v) is 6.64. The van der Waals surface area contributed by atoms with Gasteiger partial charge >= 0.3 is 5.97 Å². The molecule has 0 saturated heterocycles. The minimum Gasteiger partial charge on any atom is -0.507 e. The molecule has 0 saturated carbocycles. The van der Waals surface area contributed by atoms with Crippen LogP contribution in [-0.2, 0) is 30.5 Å². The Labute approximate surface area is 233 Å². The second-order valence-electron chi connectivity index (χ2n) is 12.0. The standard InChI is InChI=1S/C25H34O4.C6H14O4/c1-14-10-16(12-18(20(14)26)23(3,4)5)25(9,22(28)29)17-11-15(2)21(27)19(13-17)24(6,7)8;7-1-3-9-5-6-10-4-2-8/h10-13,26-27H,1-9H3,(H,28,29);7-8H,1-6H2. The highest BCUT2D eigenvalue weighted by atomic mass is 16.5. The summed E-state index contributed by atoms with van der Waals surface area (Å²) in [5.41, 5.74) is 1.91. The van der Waals surface area contributed by atoms with Gasteiger partial charge in [0.15, 0.2) is 0 Å². The van der Waals surface area contributed by atoms with Gasteiger partial charge in [-0.2, -0.15) is 0 Å². The highest BCUT2D eigenvalue weighted by Crippen LogP contribution is 2.43. The molecule has 0 unspecified atom stereocenters. The van der Waals surface area contributed by atoms with E-state index in [1.165, 1.54) is 0 Å². The molecular weight excluding hydrogens is 500 g/mol. The Bertz CT molecular complexity index is 1020. The van der Waals surface area contributed by atoms with E-state index >= 15 is 0 Å². The van der Waals surface area contributed by atoms with E-state index < -0.39 is 11.4 Å². The molecule has 0 atom stereocenters. The molecule has 5 N–H and O–H groups in total. The van der Waals surface area contributed by atoms with E-state index in [0.717, 1.165) is 0 Å². The number of aliphatic carboxylic acids is 1. The van der Waals surface area contributed by atoms with Crippen molar-refractivity contribution in [2.75, 3.05) is 39.6 Å². The minimum absolute atomic E-state index is 0.0417. The van der Waals surface area contributed by atoms with E-state index in [1.54, 1.807) is 45.0 Å². The number of aliphatic hydroxyl groups excluding tert-OH is 2. The number of aliphatic hydroxyl groups is 2. The summed E-state index contributed by atoms with van der Waals surface area (Å²) in [7, 11) is 0. The molecule has 0 spiro atoms. The lowest BCUT2D eigenvalue weighted by atomic mass is 9.71. The first-order valence-corrected chi connectivity index (χ1v) is 13.2. The number of ether oxygens (including phenoxy) is 2. The second-order valence-corrected chi connectivity index (χ2v) is 12.0. The largest absolute Gasteiger partial charge is 0.507 e. The second kappa shape index (κ2) is 14.1. The number of rotatable bonds is 10. The van der Waals surface area contributed by atoms with Crippen LogP contribution in [0.1, 0.15) is 81.8 Å². The summed E-state index contributed by atoms with van der Waals surface area (Å²) in [6, 6.07) is 7.10. The fraction of sp³-hybridized carbons (Fsp3) is 0.581. The molecule has 0 amide bonds. The van der Waals surface area contributed by atoms with Gasteiger partial charge in [0, 0.05) is 0 Å². The van der Waals surface area contributed by atoms with E-state index in [0.29, 0.717) is 59.8 Å². The number of carbonyl (C=O) groups is 1. The van der Waals surface area contributed by atoms with Crippen molar-refractivity contribution in [3.8, 4) is 11.5 Å². The van der Waals surface area contributed by atoms with Crippen molar-refractivity contribution in [2.24, 2.45) is 0 Å². The molecule has 220 valence electrons. The molecule has 0 fully saturated rings. The quantitative estimate of drug-likeness (QED) is 0.270. The van der Waals surface area contributed by atoms with Crippen molar-refractivity contribution in [1.29, 1.82) is 0 Å². The molecule has 0 aliphatic rings. The summed E-state index contributed by atoms with van der Waals surface area (Å²) >= 11 is 0. The number of aromatic hydroxyl groups is 2. The first kappa shape index (κ1) is 34.4. The summed E-state index contributed by atoms with van der Waals surface area (Å²) in [6.07, 6.45) is 0. The van der Waals surface area contributed by atoms with Gasteiger partial charge < -0.3 is 35.0 Å². The van der Waals surface area contributed by atoms with E-state index in [1.807, 2.05) is 41.5 Å². The highest BCUT2D eigenvalue weighted by molar-refractivity contribution is 5.86. The van der Waals surface area contributed by atoms with Gasteiger partial charge in [0.25, 0.3) is 0 Å². The third-order valence-electron chi connectivity index (χ3n) is 6.64. The fourth-order valence-electron chi connectivity index (χ4n) is 4.14. The molecule has 8 nitrogen and oxygen atoms in total. The summed E-state index contributed by atoms with van der Waals surface area (Å²) < 4.78 is 9.75. The molecule has 0 heterocycles. The minimum atomic E-state index is -1.34. The SMILES string of the molecule is Cc1cc(C(C)(C(=O)O)c2cc(C)c(O)c(C(C)(C)C)c2)cc(C(C)(C)C)c1O.OCCOCCOCCO. The Morgan fingerprint density at radius 2 is 1.00 bits per heavy atom. The zero-order valence-electron chi connectivity index (χ0n) is 25.0. The molecule has 0 radical (unpaired) electrons. The first-order valence-electron chi connectivity index (χ1n) is 13.2. The number of benzene rings is 2. The molecular formula is C31H48O8. The van der Waals surface area contributed by atoms with Gasteiger partial charge in [0.05, 0.1) is 39.6 Å².